The summed E-state index contributed by atoms with van der Waals surface area (Å²) >= 11 is 3.43. The Balaban J connectivity index is 1.44. The summed E-state index contributed by atoms with van der Waals surface area (Å²) in [5.41, 5.74) is 0.961. The number of hydrogen-bond donors (Lipinski definition) is 3. The smallest absolute Gasteiger partial charge is 0.227 e. The number of anilines is 1. The molecule has 1 aromatic heterocycles. The quantitative estimate of drug-likeness (QED) is 0.735. The molecule has 0 spiro atoms. The standard InChI is InChI=1S/C19H22BrN3O2/c20-14-8-15-16(22-11-14)2-1-3-17(15)23-18(24)12-9-19(25,10-12)13-4-6-21-7-5-13/h1-3,8,11-13,21,25H,4-7,9-10H2,(H,23,24). The van der Waals surface area contributed by atoms with Gasteiger partial charge in [-0.15, -0.1) is 0 Å². The topological polar surface area (TPSA) is 74.2 Å². The van der Waals surface area contributed by atoms with Crippen LogP contribution in [0.25, 0.3) is 10.9 Å². The van der Waals surface area contributed by atoms with Crippen LogP contribution in [0.4, 0.5) is 5.69 Å². The zero-order valence-electron chi connectivity index (χ0n) is 14.0. The average Bonchev–Trinajstić information content (AvgIpc) is 2.60. The molecule has 132 valence electrons. The lowest BCUT2D eigenvalue weighted by Gasteiger charge is -2.49. The van der Waals surface area contributed by atoms with E-state index in [1.165, 1.54) is 0 Å². The van der Waals surface area contributed by atoms with E-state index in [2.05, 4.69) is 31.5 Å². The van der Waals surface area contributed by atoms with E-state index in [4.69, 9.17) is 0 Å². The fourth-order valence-electron chi connectivity index (χ4n) is 4.14. The molecule has 0 bridgehead atoms. The molecule has 0 unspecified atom stereocenters. The van der Waals surface area contributed by atoms with Gasteiger partial charge in [0.25, 0.3) is 0 Å². The summed E-state index contributed by atoms with van der Waals surface area (Å²) in [7, 11) is 0. The molecule has 0 radical (unpaired) electrons. The lowest BCUT2D eigenvalue weighted by atomic mass is 9.62. The number of carbonyl (C=O) groups excluding carboxylic acids is 1. The highest BCUT2D eigenvalue weighted by Crippen LogP contribution is 2.46. The molecular weight excluding hydrogens is 382 g/mol. The summed E-state index contributed by atoms with van der Waals surface area (Å²) < 4.78 is 0.880. The number of aliphatic hydroxyl groups is 1. The van der Waals surface area contributed by atoms with Crippen LogP contribution in [0.3, 0.4) is 0 Å². The van der Waals surface area contributed by atoms with E-state index in [9.17, 15) is 9.90 Å². The molecule has 2 fully saturated rings. The number of pyridine rings is 1. The maximum Gasteiger partial charge on any atom is 0.227 e. The maximum absolute atomic E-state index is 12.6. The molecular formula is C19H22BrN3O2. The van der Waals surface area contributed by atoms with Crippen molar-refractivity contribution in [1.29, 1.82) is 0 Å². The van der Waals surface area contributed by atoms with Crippen molar-refractivity contribution < 1.29 is 9.90 Å². The van der Waals surface area contributed by atoms with Gasteiger partial charge in [0.15, 0.2) is 0 Å². The van der Waals surface area contributed by atoms with E-state index in [1.54, 1.807) is 6.20 Å². The zero-order valence-corrected chi connectivity index (χ0v) is 15.6. The third-order valence-electron chi connectivity index (χ3n) is 5.62. The number of nitrogens with one attached hydrogen (secondary N) is 2. The first kappa shape index (κ1) is 16.9. The summed E-state index contributed by atoms with van der Waals surface area (Å²) in [6, 6.07) is 7.68. The van der Waals surface area contributed by atoms with Gasteiger partial charge in [-0.05, 0) is 78.8 Å². The fourth-order valence-corrected chi connectivity index (χ4v) is 4.47. The molecule has 1 amide bonds. The number of nitrogens with zero attached hydrogens (tertiary/aromatic N) is 1. The molecule has 0 atom stereocenters. The van der Waals surface area contributed by atoms with Crippen molar-refractivity contribution in [2.45, 2.75) is 31.3 Å². The summed E-state index contributed by atoms with van der Waals surface area (Å²) in [4.78, 5) is 17.0. The van der Waals surface area contributed by atoms with Gasteiger partial charge in [-0.25, -0.2) is 0 Å². The second-order valence-electron chi connectivity index (χ2n) is 7.25. The summed E-state index contributed by atoms with van der Waals surface area (Å²) in [5.74, 6) is 0.192. The minimum absolute atomic E-state index is 0.00825. The molecule has 3 N–H and O–H groups in total. The first-order valence-corrected chi connectivity index (χ1v) is 9.63. The monoisotopic (exact) mass is 403 g/mol. The lowest BCUT2D eigenvalue weighted by molar-refractivity contribution is -0.149. The average molecular weight is 404 g/mol. The van der Waals surface area contributed by atoms with Crippen LogP contribution < -0.4 is 10.6 Å². The normalized spacial score (nSPS) is 27.0. The highest BCUT2D eigenvalue weighted by atomic mass is 79.9. The third-order valence-corrected chi connectivity index (χ3v) is 6.05. The van der Waals surface area contributed by atoms with Crippen molar-refractivity contribution in [3.05, 3.63) is 34.9 Å². The number of piperidine rings is 1. The number of hydrogen-bond acceptors (Lipinski definition) is 4. The van der Waals surface area contributed by atoms with Crippen LogP contribution in [0.5, 0.6) is 0 Å². The first-order valence-electron chi connectivity index (χ1n) is 8.83. The predicted molar refractivity (Wildman–Crippen MR) is 101 cm³/mol. The van der Waals surface area contributed by atoms with Crippen molar-refractivity contribution in [3.8, 4) is 0 Å². The first-order chi connectivity index (χ1) is 12.0. The van der Waals surface area contributed by atoms with Gasteiger partial charge in [0.1, 0.15) is 0 Å². The Labute approximate surface area is 155 Å². The van der Waals surface area contributed by atoms with Crippen LogP contribution in [0.1, 0.15) is 25.7 Å². The minimum atomic E-state index is -0.659. The maximum atomic E-state index is 12.6. The van der Waals surface area contributed by atoms with E-state index in [0.717, 1.165) is 47.0 Å². The second-order valence-corrected chi connectivity index (χ2v) is 8.16. The molecule has 1 aliphatic heterocycles. The fraction of sp³-hybridized carbons (Fsp3) is 0.474. The van der Waals surface area contributed by atoms with Crippen molar-refractivity contribution in [1.82, 2.24) is 10.3 Å². The van der Waals surface area contributed by atoms with Crippen molar-refractivity contribution in [2.24, 2.45) is 11.8 Å². The Kier molecular flexibility index (Phi) is 4.52. The van der Waals surface area contributed by atoms with Gasteiger partial charge in [0.05, 0.1) is 16.8 Å². The molecule has 5 nitrogen and oxygen atoms in total. The van der Waals surface area contributed by atoms with E-state index in [1.807, 2.05) is 24.3 Å². The van der Waals surface area contributed by atoms with Gasteiger partial charge in [0, 0.05) is 22.0 Å². The highest BCUT2D eigenvalue weighted by Gasteiger charge is 2.50. The van der Waals surface area contributed by atoms with E-state index < -0.39 is 5.60 Å². The Morgan fingerprint density at radius 3 is 2.84 bits per heavy atom. The summed E-state index contributed by atoms with van der Waals surface area (Å²) in [6.45, 7) is 1.92. The van der Waals surface area contributed by atoms with E-state index in [0.29, 0.717) is 18.8 Å². The molecule has 2 heterocycles. The highest BCUT2D eigenvalue weighted by molar-refractivity contribution is 9.10. The van der Waals surface area contributed by atoms with E-state index in [-0.39, 0.29) is 11.8 Å². The predicted octanol–water partition coefficient (Wildman–Crippen LogP) is 3.08. The minimum Gasteiger partial charge on any atom is -0.390 e. The molecule has 1 saturated carbocycles. The number of aromatic nitrogens is 1. The number of carbonyl (C=O) groups is 1. The Bertz CT molecular complexity index is 798. The summed E-state index contributed by atoms with van der Waals surface area (Å²) in [6.07, 6.45) is 4.87. The molecule has 1 aromatic carbocycles. The molecule has 2 aliphatic rings. The number of fused-ring (bicyclic) bond motifs is 1. The largest absolute Gasteiger partial charge is 0.390 e. The van der Waals surface area contributed by atoms with Crippen LogP contribution in [-0.4, -0.2) is 34.7 Å². The van der Waals surface area contributed by atoms with Crippen molar-refractivity contribution in [3.63, 3.8) is 0 Å². The third kappa shape index (κ3) is 3.30. The number of benzene rings is 1. The van der Waals surface area contributed by atoms with E-state index >= 15 is 0 Å². The van der Waals surface area contributed by atoms with Crippen LogP contribution in [-0.2, 0) is 4.79 Å². The number of halogens is 1. The van der Waals surface area contributed by atoms with Crippen LogP contribution in [0.15, 0.2) is 34.9 Å². The Morgan fingerprint density at radius 2 is 2.08 bits per heavy atom. The van der Waals surface area contributed by atoms with Gasteiger partial charge in [-0.1, -0.05) is 6.07 Å². The lowest BCUT2D eigenvalue weighted by Crippen LogP contribution is -2.55. The van der Waals surface area contributed by atoms with Gasteiger partial charge < -0.3 is 15.7 Å². The Morgan fingerprint density at radius 1 is 1.32 bits per heavy atom. The molecule has 6 heteroatoms. The molecule has 2 aromatic rings. The number of amides is 1. The van der Waals surface area contributed by atoms with Crippen LogP contribution >= 0.6 is 15.9 Å². The second kappa shape index (κ2) is 6.67. The van der Waals surface area contributed by atoms with Crippen molar-refractivity contribution >= 4 is 38.4 Å². The molecule has 1 saturated heterocycles. The Hall–Kier alpha value is -1.50. The van der Waals surface area contributed by atoms with Gasteiger partial charge in [-0.2, -0.15) is 0 Å². The van der Waals surface area contributed by atoms with Crippen LogP contribution in [0, 0.1) is 11.8 Å². The van der Waals surface area contributed by atoms with Crippen molar-refractivity contribution in [2.75, 3.05) is 18.4 Å². The molecule has 1 aliphatic carbocycles. The van der Waals surface area contributed by atoms with Gasteiger partial charge in [0.2, 0.25) is 5.91 Å². The number of rotatable bonds is 3. The zero-order chi connectivity index (χ0) is 17.4. The molecule has 25 heavy (non-hydrogen) atoms. The summed E-state index contributed by atoms with van der Waals surface area (Å²) in [5, 5.41) is 18.1. The van der Waals surface area contributed by atoms with Crippen LogP contribution in [0.2, 0.25) is 0 Å². The van der Waals surface area contributed by atoms with Gasteiger partial charge in [-0.3, -0.25) is 9.78 Å². The molecule has 4 rings (SSSR count). The SMILES string of the molecule is O=C(Nc1cccc2ncc(Br)cc12)C1CC(O)(C2CCNCC2)C1. The van der Waals surface area contributed by atoms with Gasteiger partial charge >= 0.3 is 0 Å².